The van der Waals surface area contributed by atoms with Gasteiger partial charge >= 0.3 is 0 Å². The third kappa shape index (κ3) is 3.01. The largest absolute Gasteiger partial charge is 0.397 e. The highest BCUT2D eigenvalue weighted by Gasteiger charge is 2.05. The maximum Gasteiger partial charge on any atom is 0.0597 e. The van der Waals surface area contributed by atoms with Crippen molar-refractivity contribution in [2.24, 2.45) is 0 Å². The maximum absolute atomic E-state index is 6.03. The van der Waals surface area contributed by atoms with Crippen LogP contribution in [0, 0.1) is 6.92 Å². The van der Waals surface area contributed by atoms with Crippen molar-refractivity contribution in [3.8, 4) is 0 Å². The molecule has 0 aliphatic carbocycles. The summed E-state index contributed by atoms with van der Waals surface area (Å²) < 4.78 is 0. The molecule has 1 aromatic heterocycles. The van der Waals surface area contributed by atoms with Gasteiger partial charge in [-0.05, 0) is 42.5 Å². The number of likely N-dealkylation sites (N-methyl/N-ethyl adjacent to an activating group) is 1. The van der Waals surface area contributed by atoms with E-state index >= 15 is 0 Å². The lowest BCUT2D eigenvalue weighted by molar-refractivity contribution is 0.888. The van der Waals surface area contributed by atoms with Crippen molar-refractivity contribution >= 4 is 22.7 Å². The zero-order valence-electron chi connectivity index (χ0n) is 10.3. The van der Waals surface area contributed by atoms with Gasteiger partial charge in [0.05, 0.1) is 11.4 Å². The van der Waals surface area contributed by atoms with Crippen LogP contribution >= 0.6 is 11.3 Å². The fourth-order valence-corrected chi connectivity index (χ4v) is 2.57. The number of nitrogens with two attached hydrogens (primary N) is 1. The molecule has 0 saturated heterocycles. The molecule has 0 saturated carbocycles. The minimum atomic E-state index is 0.860. The number of benzene rings is 1. The van der Waals surface area contributed by atoms with E-state index in [4.69, 9.17) is 5.73 Å². The minimum absolute atomic E-state index is 0.860. The first-order chi connectivity index (χ1) is 8.16. The maximum atomic E-state index is 6.03. The third-order valence-corrected chi connectivity index (χ3v) is 3.80. The van der Waals surface area contributed by atoms with Crippen molar-refractivity contribution < 1.29 is 0 Å². The van der Waals surface area contributed by atoms with E-state index in [2.05, 4.69) is 48.5 Å². The lowest BCUT2D eigenvalue weighted by atomic mass is 10.2. The monoisotopic (exact) mass is 246 g/mol. The van der Waals surface area contributed by atoms with Gasteiger partial charge in [0.1, 0.15) is 0 Å². The zero-order chi connectivity index (χ0) is 12.3. The summed E-state index contributed by atoms with van der Waals surface area (Å²) in [5.41, 5.74) is 9.22. The Kier molecular flexibility index (Phi) is 3.69. The topological polar surface area (TPSA) is 29.3 Å². The van der Waals surface area contributed by atoms with Crippen molar-refractivity contribution in [1.29, 1.82) is 0 Å². The Morgan fingerprint density at radius 1 is 1.29 bits per heavy atom. The molecule has 0 amide bonds. The van der Waals surface area contributed by atoms with Gasteiger partial charge in [0, 0.05) is 18.5 Å². The van der Waals surface area contributed by atoms with Crippen molar-refractivity contribution in [2.45, 2.75) is 13.3 Å². The molecule has 0 aliphatic heterocycles. The number of anilines is 2. The molecule has 2 nitrogen and oxygen atoms in total. The van der Waals surface area contributed by atoms with Gasteiger partial charge in [0.2, 0.25) is 0 Å². The summed E-state index contributed by atoms with van der Waals surface area (Å²) in [7, 11) is 2.09. The molecule has 0 unspecified atom stereocenters. The first-order valence-corrected chi connectivity index (χ1v) is 6.64. The standard InChI is InChI=1S/C14H18N2S/c1-11-5-6-14(13(15)10-11)16(2)8-7-12-4-3-9-17-12/h3-6,9-10H,7-8,15H2,1-2H3. The van der Waals surface area contributed by atoms with Crippen LogP contribution in [0.5, 0.6) is 0 Å². The summed E-state index contributed by atoms with van der Waals surface area (Å²) in [4.78, 5) is 3.64. The van der Waals surface area contributed by atoms with Crippen LogP contribution in [0.1, 0.15) is 10.4 Å². The van der Waals surface area contributed by atoms with Crippen LogP contribution in [0.4, 0.5) is 11.4 Å². The molecular weight excluding hydrogens is 228 g/mol. The van der Waals surface area contributed by atoms with Gasteiger partial charge in [-0.3, -0.25) is 0 Å². The number of nitrogen functional groups attached to an aromatic ring is 1. The van der Waals surface area contributed by atoms with Crippen molar-refractivity contribution in [3.05, 3.63) is 46.2 Å². The van der Waals surface area contributed by atoms with Gasteiger partial charge in [0.15, 0.2) is 0 Å². The molecule has 2 rings (SSSR count). The molecule has 1 heterocycles. The second kappa shape index (κ2) is 5.23. The van der Waals surface area contributed by atoms with E-state index in [1.165, 1.54) is 10.4 Å². The molecule has 0 atom stereocenters. The molecule has 0 aliphatic rings. The lowest BCUT2D eigenvalue weighted by Crippen LogP contribution is -2.21. The van der Waals surface area contributed by atoms with Crippen LogP contribution in [0.25, 0.3) is 0 Å². The molecule has 0 fully saturated rings. The summed E-state index contributed by atoms with van der Waals surface area (Å²) in [6, 6.07) is 10.5. The van der Waals surface area contributed by atoms with E-state index in [9.17, 15) is 0 Å². The van der Waals surface area contributed by atoms with E-state index in [1.807, 2.05) is 17.4 Å². The number of hydrogen-bond acceptors (Lipinski definition) is 3. The fraction of sp³-hybridized carbons (Fsp3) is 0.286. The number of nitrogens with zero attached hydrogens (tertiary/aromatic N) is 1. The minimum Gasteiger partial charge on any atom is -0.397 e. The van der Waals surface area contributed by atoms with Crippen molar-refractivity contribution in [1.82, 2.24) is 0 Å². The molecule has 17 heavy (non-hydrogen) atoms. The van der Waals surface area contributed by atoms with Crippen LogP contribution in [0.2, 0.25) is 0 Å². The van der Waals surface area contributed by atoms with Crippen molar-refractivity contribution in [3.63, 3.8) is 0 Å². The first-order valence-electron chi connectivity index (χ1n) is 5.76. The van der Waals surface area contributed by atoms with E-state index < -0.39 is 0 Å². The summed E-state index contributed by atoms with van der Waals surface area (Å²) >= 11 is 1.81. The van der Waals surface area contributed by atoms with Gasteiger partial charge in [0.25, 0.3) is 0 Å². The van der Waals surface area contributed by atoms with E-state index in [0.29, 0.717) is 0 Å². The SMILES string of the molecule is Cc1ccc(N(C)CCc2cccs2)c(N)c1. The summed E-state index contributed by atoms with van der Waals surface area (Å²) in [5, 5.41) is 2.12. The van der Waals surface area contributed by atoms with Crippen molar-refractivity contribution in [2.75, 3.05) is 24.2 Å². The van der Waals surface area contributed by atoms with Gasteiger partial charge < -0.3 is 10.6 Å². The van der Waals surface area contributed by atoms with Gasteiger partial charge in [-0.25, -0.2) is 0 Å². The molecule has 90 valence electrons. The molecule has 0 radical (unpaired) electrons. The average molecular weight is 246 g/mol. The Morgan fingerprint density at radius 3 is 2.76 bits per heavy atom. The van der Waals surface area contributed by atoms with Crippen LogP contribution < -0.4 is 10.6 Å². The molecule has 1 aromatic carbocycles. The normalized spacial score (nSPS) is 10.5. The third-order valence-electron chi connectivity index (χ3n) is 2.87. The van der Waals surface area contributed by atoms with Crippen LogP contribution in [0.15, 0.2) is 35.7 Å². The summed E-state index contributed by atoms with van der Waals surface area (Å²) in [6.45, 7) is 3.06. The number of thiophene rings is 1. The highest BCUT2D eigenvalue weighted by Crippen LogP contribution is 2.23. The van der Waals surface area contributed by atoms with E-state index in [-0.39, 0.29) is 0 Å². The number of aryl methyl sites for hydroxylation is 1. The zero-order valence-corrected chi connectivity index (χ0v) is 11.1. The van der Waals surface area contributed by atoms with Gasteiger partial charge in [-0.15, -0.1) is 11.3 Å². The molecular formula is C14H18N2S. The quantitative estimate of drug-likeness (QED) is 0.839. The summed E-state index contributed by atoms with van der Waals surface area (Å²) in [5.74, 6) is 0. The first kappa shape index (κ1) is 12.0. The number of rotatable bonds is 4. The molecule has 0 bridgehead atoms. The predicted octanol–water partition coefficient (Wildman–Crippen LogP) is 3.32. The lowest BCUT2D eigenvalue weighted by Gasteiger charge is -2.21. The van der Waals surface area contributed by atoms with E-state index in [1.54, 1.807) is 0 Å². The molecule has 2 aromatic rings. The van der Waals surface area contributed by atoms with Crippen LogP contribution in [-0.2, 0) is 6.42 Å². The van der Waals surface area contributed by atoms with Crippen LogP contribution in [0.3, 0.4) is 0 Å². The van der Waals surface area contributed by atoms with Gasteiger partial charge in [-0.1, -0.05) is 12.1 Å². The van der Waals surface area contributed by atoms with E-state index in [0.717, 1.165) is 24.3 Å². The molecule has 0 spiro atoms. The predicted molar refractivity (Wildman–Crippen MR) is 76.9 cm³/mol. The smallest absolute Gasteiger partial charge is 0.0597 e. The van der Waals surface area contributed by atoms with Gasteiger partial charge in [-0.2, -0.15) is 0 Å². The Labute approximate surface area is 107 Å². The molecule has 3 heteroatoms. The average Bonchev–Trinajstić information content (AvgIpc) is 2.78. The second-order valence-corrected chi connectivity index (χ2v) is 5.35. The Morgan fingerprint density at radius 2 is 2.12 bits per heavy atom. The highest BCUT2D eigenvalue weighted by molar-refractivity contribution is 7.09. The fourth-order valence-electron chi connectivity index (χ4n) is 1.87. The Balaban J connectivity index is 2.01. The second-order valence-electron chi connectivity index (χ2n) is 4.31. The highest BCUT2D eigenvalue weighted by atomic mass is 32.1. The Hall–Kier alpha value is -1.48. The summed E-state index contributed by atoms with van der Waals surface area (Å²) in [6.07, 6.45) is 1.07. The number of hydrogen-bond donors (Lipinski definition) is 1. The Bertz CT molecular complexity index is 477. The van der Waals surface area contributed by atoms with Crippen LogP contribution in [-0.4, -0.2) is 13.6 Å². The molecule has 2 N–H and O–H groups in total.